The molecule has 0 amide bonds. The number of thioether (sulfide) groups is 1. The Morgan fingerprint density at radius 3 is 3.05 bits per heavy atom. The molecule has 19 heavy (non-hydrogen) atoms. The van der Waals surface area contributed by atoms with Gasteiger partial charge in [-0.05, 0) is 13.8 Å². The Morgan fingerprint density at radius 1 is 1.63 bits per heavy atom. The third-order valence-electron chi connectivity index (χ3n) is 2.87. The molecule has 1 unspecified atom stereocenters. The van der Waals surface area contributed by atoms with Crippen LogP contribution in [-0.4, -0.2) is 39.6 Å². The van der Waals surface area contributed by atoms with Gasteiger partial charge < -0.3 is 14.9 Å². The first-order chi connectivity index (χ1) is 9.04. The fourth-order valence-corrected chi connectivity index (χ4v) is 3.16. The first-order valence-corrected chi connectivity index (χ1v) is 7.01. The molecule has 1 aromatic rings. The highest BCUT2D eigenvalue weighted by Crippen LogP contribution is 2.42. The van der Waals surface area contributed by atoms with Crippen LogP contribution >= 0.6 is 11.8 Å². The standard InChI is InChI=1S/C12H16N2O4S/c1-3-18-12(17)7-5-19-11(14-7)9-8(15)4-13-6(2)10(9)16/h4,7,11,14-16H,3,5H2,1-2H3/t7-,11?/m1/s1. The van der Waals surface area contributed by atoms with E-state index in [2.05, 4.69) is 10.3 Å². The van der Waals surface area contributed by atoms with Crippen molar-refractivity contribution in [2.24, 2.45) is 0 Å². The van der Waals surface area contributed by atoms with E-state index in [0.29, 0.717) is 23.6 Å². The molecule has 2 rings (SSSR count). The first-order valence-electron chi connectivity index (χ1n) is 5.96. The number of aromatic hydroxyl groups is 2. The number of nitrogens with zero attached hydrogens (tertiary/aromatic N) is 1. The second kappa shape index (κ2) is 5.66. The number of nitrogens with one attached hydrogen (secondary N) is 1. The van der Waals surface area contributed by atoms with E-state index >= 15 is 0 Å². The van der Waals surface area contributed by atoms with E-state index in [-0.39, 0.29) is 22.8 Å². The Labute approximate surface area is 115 Å². The minimum Gasteiger partial charge on any atom is -0.506 e. The molecule has 0 radical (unpaired) electrons. The molecular formula is C12H16N2O4S. The molecule has 0 aromatic carbocycles. The highest BCUT2D eigenvalue weighted by molar-refractivity contribution is 7.99. The Morgan fingerprint density at radius 2 is 2.37 bits per heavy atom. The fourth-order valence-electron chi connectivity index (χ4n) is 1.88. The maximum absolute atomic E-state index is 11.6. The van der Waals surface area contributed by atoms with Crippen molar-refractivity contribution in [3.05, 3.63) is 17.5 Å². The summed E-state index contributed by atoms with van der Waals surface area (Å²) in [6.45, 7) is 3.74. The fraction of sp³-hybridized carbons (Fsp3) is 0.500. The molecule has 0 aliphatic carbocycles. The summed E-state index contributed by atoms with van der Waals surface area (Å²) in [7, 11) is 0. The summed E-state index contributed by atoms with van der Waals surface area (Å²) in [4.78, 5) is 15.5. The van der Waals surface area contributed by atoms with Gasteiger partial charge in [-0.2, -0.15) is 0 Å². The van der Waals surface area contributed by atoms with Gasteiger partial charge in [0.2, 0.25) is 0 Å². The number of ether oxygens (including phenoxy) is 1. The zero-order valence-electron chi connectivity index (χ0n) is 10.7. The van der Waals surface area contributed by atoms with Crippen LogP contribution in [0.1, 0.15) is 23.6 Å². The van der Waals surface area contributed by atoms with Crippen molar-refractivity contribution < 1.29 is 19.7 Å². The normalized spacial score (nSPS) is 22.4. The number of carbonyl (C=O) groups excluding carboxylic acids is 1. The lowest BCUT2D eigenvalue weighted by Gasteiger charge is -2.16. The Balaban J connectivity index is 2.17. The Bertz CT molecular complexity index is 495. The lowest BCUT2D eigenvalue weighted by molar-refractivity contribution is -0.144. The van der Waals surface area contributed by atoms with Crippen LogP contribution < -0.4 is 5.32 Å². The van der Waals surface area contributed by atoms with Crippen molar-refractivity contribution in [1.82, 2.24) is 10.3 Å². The maximum Gasteiger partial charge on any atom is 0.324 e. The lowest BCUT2D eigenvalue weighted by Crippen LogP contribution is -2.35. The van der Waals surface area contributed by atoms with Crippen LogP contribution in [0, 0.1) is 6.92 Å². The van der Waals surface area contributed by atoms with Crippen molar-refractivity contribution >= 4 is 17.7 Å². The summed E-state index contributed by atoms with van der Waals surface area (Å²) >= 11 is 1.44. The molecule has 1 aliphatic heterocycles. The number of esters is 1. The number of aromatic nitrogens is 1. The minimum absolute atomic E-state index is 0.0468. The monoisotopic (exact) mass is 284 g/mol. The maximum atomic E-state index is 11.6. The predicted octanol–water partition coefficient (Wildman–Crippen LogP) is 1.07. The molecule has 7 heteroatoms. The summed E-state index contributed by atoms with van der Waals surface area (Å²) in [5, 5.41) is 22.5. The van der Waals surface area contributed by atoms with Gasteiger partial charge >= 0.3 is 5.97 Å². The van der Waals surface area contributed by atoms with E-state index in [9.17, 15) is 15.0 Å². The van der Waals surface area contributed by atoms with Crippen LogP contribution in [0.4, 0.5) is 0 Å². The van der Waals surface area contributed by atoms with E-state index < -0.39 is 6.04 Å². The number of rotatable bonds is 3. The quantitative estimate of drug-likeness (QED) is 0.715. The van der Waals surface area contributed by atoms with Gasteiger partial charge in [-0.1, -0.05) is 0 Å². The third kappa shape index (κ3) is 2.76. The zero-order valence-corrected chi connectivity index (χ0v) is 11.5. The summed E-state index contributed by atoms with van der Waals surface area (Å²) in [5.41, 5.74) is 0.805. The minimum atomic E-state index is -0.428. The van der Waals surface area contributed by atoms with Crippen LogP contribution in [0.15, 0.2) is 6.20 Å². The van der Waals surface area contributed by atoms with Crippen LogP contribution in [0.25, 0.3) is 0 Å². The second-order valence-electron chi connectivity index (χ2n) is 4.18. The molecular weight excluding hydrogens is 268 g/mol. The van der Waals surface area contributed by atoms with Crippen LogP contribution in [0.2, 0.25) is 0 Å². The molecule has 2 atom stereocenters. The van der Waals surface area contributed by atoms with E-state index in [1.807, 2.05) is 0 Å². The van der Waals surface area contributed by atoms with E-state index in [1.165, 1.54) is 18.0 Å². The van der Waals surface area contributed by atoms with Crippen molar-refractivity contribution in [3.63, 3.8) is 0 Å². The van der Waals surface area contributed by atoms with Crippen LogP contribution in [0.3, 0.4) is 0 Å². The average molecular weight is 284 g/mol. The largest absolute Gasteiger partial charge is 0.506 e. The summed E-state index contributed by atoms with van der Waals surface area (Å²) in [6.07, 6.45) is 1.30. The lowest BCUT2D eigenvalue weighted by atomic mass is 10.1. The van der Waals surface area contributed by atoms with Crippen molar-refractivity contribution in [2.45, 2.75) is 25.3 Å². The van der Waals surface area contributed by atoms with Crippen LogP contribution in [-0.2, 0) is 9.53 Å². The smallest absolute Gasteiger partial charge is 0.324 e. The number of hydrogen-bond acceptors (Lipinski definition) is 7. The number of carbonyl (C=O) groups is 1. The average Bonchev–Trinajstić information content (AvgIpc) is 2.84. The molecule has 0 bridgehead atoms. The zero-order chi connectivity index (χ0) is 14.0. The van der Waals surface area contributed by atoms with Crippen LogP contribution in [0.5, 0.6) is 11.5 Å². The second-order valence-corrected chi connectivity index (χ2v) is 5.31. The highest BCUT2D eigenvalue weighted by Gasteiger charge is 2.34. The topological polar surface area (TPSA) is 91.7 Å². The molecule has 1 aliphatic rings. The van der Waals surface area contributed by atoms with E-state index in [4.69, 9.17) is 4.74 Å². The summed E-state index contributed by atoms with van der Waals surface area (Å²) in [6, 6.07) is -0.428. The number of hydrogen-bond donors (Lipinski definition) is 3. The van der Waals surface area contributed by atoms with Gasteiger partial charge in [0.15, 0.2) is 0 Å². The highest BCUT2D eigenvalue weighted by atomic mass is 32.2. The van der Waals surface area contributed by atoms with Gasteiger partial charge in [-0.15, -0.1) is 11.8 Å². The molecule has 1 saturated heterocycles. The van der Waals surface area contributed by atoms with E-state index in [1.54, 1.807) is 13.8 Å². The number of pyridine rings is 1. The van der Waals surface area contributed by atoms with Crippen molar-refractivity contribution in [2.75, 3.05) is 12.4 Å². The summed E-state index contributed by atoms with van der Waals surface area (Å²) < 4.78 is 4.94. The Hall–Kier alpha value is -1.47. The SMILES string of the molecule is CCOC(=O)[C@H]1CSC(c2c(O)cnc(C)c2O)N1. The molecule has 2 heterocycles. The first kappa shape index (κ1) is 14.0. The predicted molar refractivity (Wildman–Crippen MR) is 71.1 cm³/mol. The van der Waals surface area contributed by atoms with Gasteiger partial charge in [0, 0.05) is 5.75 Å². The number of aryl methyl sites for hydroxylation is 1. The van der Waals surface area contributed by atoms with Crippen molar-refractivity contribution in [1.29, 1.82) is 0 Å². The molecule has 1 aromatic heterocycles. The summed E-state index contributed by atoms with van der Waals surface area (Å²) in [5.74, 6) is 0.0818. The molecule has 0 spiro atoms. The van der Waals surface area contributed by atoms with Gasteiger partial charge in [-0.3, -0.25) is 15.1 Å². The van der Waals surface area contributed by atoms with Crippen molar-refractivity contribution in [3.8, 4) is 11.5 Å². The molecule has 3 N–H and O–H groups in total. The molecule has 6 nitrogen and oxygen atoms in total. The molecule has 0 saturated carbocycles. The van der Waals surface area contributed by atoms with Gasteiger partial charge in [0.1, 0.15) is 17.5 Å². The van der Waals surface area contributed by atoms with Gasteiger partial charge in [-0.25, -0.2) is 0 Å². The third-order valence-corrected chi connectivity index (χ3v) is 4.10. The van der Waals surface area contributed by atoms with Gasteiger partial charge in [0.05, 0.1) is 29.4 Å². The van der Waals surface area contributed by atoms with E-state index in [0.717, 1.165) is 0 Å². The molecule has 1 fully saturated rings. The van der Waals surface area contributed by atoms with Gasteiger partial charge in [0.25, 0.3) is 0 Å². The Kier molecular flexibility index (Phi) is 4.16. The molecule has 104 valence electrons.